The van der Waals surface area contributed by atoms with Crippen LogP contribution in [-0.4, -0.2) is 11.5 Å². The summed E-state index contributed by atoms with van der Waals surface area (Å²) >= 11 is 0. The molecule has 0 amide bonds. The first-order valence-corrected chi connectivity index (χ1v) is 6.37. The highest BCUT2D eigenvalue weighted by atomic mass is 15.2. The van der Waals surface area contributed by atoms with E-state index < -0.39 is 0 Å². The molecule has 0 atom stereocenters. The van der Waals surface area contributed by atoms with E-state index >= 15 is 0 Å². The minimum Gasteiger partial charge on any atom is -0.326 e. The van der Waals surface area contributed by atoms with Crippen LogP contribution in [0.2, 0.25) is 0 Å². The molecular weight excluding hydrogens is 234 g/mol. The Morgan fingerprint density at radius 3 is 2.42 bits per heavy atom. The third-order valence-corrected chi connectivity index (χ3v) is 3.17. The van der Waals surface area contributed by atoms with E-state index in [1.54, 1.807) is 6.20 Å². The quantitative estimate of drug-likeness (QED) is 0.834. The summed E-state index contributed by atoms with van der Waals surface area (Å²) in [4.78, 5) is 6.44. The van der Waals surface area contributed by atoms with Gasteiger partial charge in [-0.2, -0.15) is 5.26 Å². The van der Waals surface area contributed by atoms with Crippen molar-refractivity contribution in [3.63, 3.8) is 0 Å². The molecule has 3 nitrogen and oxygen atoms in total. The first-order valence-electron chi connectivity index (χ1n) is 6.37. The molecule has 2 rings (SSSR count). The van der Waals surface area contributed by atoms with Crippen molar-refractivity contribution in [3.05, 3.63) is 53.2 Å². The lowest BCUT2D eigenvalue weighted by atomic mass is 10.1. The molecule has 0 fully saturated rings. The average molecular weight is 251 g/mol. The zero-order valence-corrected chi connectivity index (χ0v) is 11.5. The molecule has 1 aromatic heterocycles. The molecule has 2 aromatic rings. The lowest BCUT2D eigenvalue weighted by Crippen LogP contribution is -2.19. The van der Waals surface area contributed by atoms with Crippen LogP contribution in [0.5, 0.6) is 0 Å². The van der Waals surface area contributed by atoms with Crippen molar-refractivity contribution in [2.24, 2.45) is 0 Å². The number of aromatic nitrogens is 1. The molecule has 1 aromatic carbocycles. The maximum absolute atomic E-state index is 9.32. The summed E-state index contributed by atoms with van der Waals surface area (Å²) in [6.45, 7) is 6.83. The summed E-state index contributed by atoms with van der Waals surface area (Å²) in [6, 6.07) is 12.4. The molecule has 0 saturated carbocycles. The summed E-state index contributed by atoms with van der Waals surface area (Å²) < 4.78 is 0. The number of anilines is 2. The van der Waals surface area contributed by atoms with Gasteiger partial charge in [0, 0.05) is 18.4 Å². The number of rotatable bonds is 3. The van der Waals surface area contributed by atoms with Crippen molar-refractivity contribution < 1.29 is 0 Å². The predicted molar refractivity (Wildman–Crippen MR) is 77.5 cm³/mol. The van der Waals surface area contributed by atoms with Crippen LogP contribution >= 0.6 is 0 Å². The van der Waals surface area contributed by atoms with Crippen LogP contribution in [0.1, 0.15) is 23.6 Å². The van der Waals surface area contributed by atoms with Gasteiger partial charge in [-0.05, 0) is 44.5 Å². The highest BCUT2D eigenvalue weighted by molar-refractivity contribution is 5.67. The van der Waals surface area contributed by atoms with Gasteiger partial charge in [0.15, 0.2) is 5.82 Å². The number of nitriles is 1. The molecule has 96 valence electrons. The van der Waals surface area contributed by atoms with Gasteiger partial charge in [-0.25, -0.2) is 4.98 Å². The van der Waals surface area contributed by atoms with Crippen LogP contribution in [0.25, 0.3) is 0 Å². The molecule has 1 heterocycles. The fraction of sp³-hybridized carbons (Fsp3) is 0.250. The van der Waals surface area contributed by atoms with E-state index in [0.29, 0.717) is 5.56 Å². The van der Waals surface area contributed by atoms with Crippen molar-refractivity contribution in [2.75, 3.05) is 11.4 Å². The van der Waals surface area contributed by atoms with Gasteiger partial charge >= 0.3 is 0 Å². The molecule has 0 aliphatic rings. The van der Waals surface area contributed by atoms with Crippen molar-refractivity contribution in [1.82, 2.24) is 4.98 Å². The molecule has 0 aliphatic carbocycles. The number of aryl methyl sites for hydroxylation is 2. The van der Waals surface area contributed by atoms with E-state index in [1.165, 1.54) is 5.56 Å². The van der Waals surface area contributed by atoms with Crippen molar-refractivity contribution in [2.45, 2.75) is 20.8 Å². The van der Waals surface area contributed by atoms with Crippen LogP contribution in [0.3, 0.4) is 0 Å². The molecule has 0 saturated heterocycles. The van der Waals surface area contributed by atoms with E-state index in [1.807, 2.05) is 13.0 Å². The van der Waals surface area contributed by atoms with Crippen LogP contribution in [0.4, 0.5) is 11.5 Å². The number of nitrogens with zero attached hydrogens (tertiary/aromatic N) is 3. The number of hydrogen-bond acceptors (Lipinski definition) is 3. The Morgan fingerprint density at radius 2 is 1.84 bits per heavy atom. The van der Waals surface area contributed by atoms with E-state index in [4.69, 9.17) is 0 Å². The van der Waals surface area contributed by atoms with Gasteiger partial charge in [0.25, 0.3) is 0 Å². The third-order valence-electron chi connectivity index (χ3n) is 3.17. The van der Waals surface area contributed by atoms with E-state index in [-0.39, 0.29) is 0 Å². The normalized spacial score (nSPS) is 10.0. The molecule has 0 unspecified atom stereocenters. The van der Waals surface area contributed by atoms with Crippen LogP contribution in [0, 0.1) is 25.2 Å². The topological polar surface area (TPSA) is 39.9 Å². The van der Waals surface area contributed by atoms with Gasteiger partial charge in [0.05, 0.1) is 5.56 Å². The second-order valence-electron chi connectivity index (χ2n) is 4.52. The second-order valence-corrected chi connectivity index (χ2v) is 4.52. The largest absolute Gasteiger partial charge is 0.326 e. The van der Waals surface area contributed by atoms with Gasteiger partial charge in [-0.1, -0.05) is 17.7 Å². The Morgan fingerprint density at radius 1 is 1.16 bits per heavy atom. The number of hydrogen-bond donors (Lipinski definition) is 0. The number of benzene rings is 1. The van der Waals surface area contributed by atoms with E-state index in [2.05, 4.69) is 54.1 Å². The predicted octanol–water partition coefficient (Wildman–Crippen LogP) is 3.73. The Bertz CT molecular complexity index is 609. The molecule has 0 radical (unpaired) electrons. The molecule has 0 aliphatic heterocycles. The van der Waals surface area contributed by atoms with Gasteiger partial charge < -0.3 is 4.90 Å². The SMILES string of the molecule is CCN(c1ccc(C)cc1)c1nccc(C)c1C#N. The molecule has 0 spiro atoms. The maximum atomic E-state index is 9.32. The fourth-order valence-corrected chi connectivity index (χ4v) is 2.07. The highest BCUT2D eigenvalue weighted by Crippen LogP contribution is 2.27. The molecule has 0 bridgehead atoms. The Hall–Kier alpha value is -2.34. The van der Waals surface area contributed by atoms with Gasteiger partial charge in [-0.15, -0.1) is 0 Å². The lowest BCUT2D eigenvalue weighted by Gasteiger charge is -2.23. The molecular formula is C16H17N3. The summed E-state index contributed by atoms with van der Waals surface area (Å²) in [5.74, 6) is 0.730. The van der Waals surface area contributed by atoms with Crippen LogP contribution in [-0.2, 0) is 0 Å². The van der Waals surface area contributed by atoms with Crippen molar-refractivity contribution >= 4 is 11.5 Å². The number of pyridine rings is 1. The van der Waals surface area contributed by atoms with Crippen molar-refractivity contribution in [3.8, 4) is 6.07 Å². The third kappa shape index (κ3) is 2.58. The zero-order valence-electron chi connectivity index (χ0n) is 11.5. The van der Waals surface area contributed by atoms with E-state index in [0.717, 1.165) is 23.6 Å². The molecule has 19 heavy (non-hydrogen) atoms. The fourth-order valence-electron chi connectivity index (χ4n) is 2.07. The molecule has 0 N–H and O–H groups in total. The molecule has 3 heteroatoms. The van der Waals surface area contributed by atoms with Gasteiger partial charge in [-0.3, -0.25) is 0 Å². The highest BCUT2D eigenvalue weighted by Gasteiger charge is 2.14. The lowest BCUT2D eigenvalue weighted by molar-refractivity contribution is 0.981. The first kappa shape index (κ1) is 13.1. The summed E-state index contributed by atoms with van der Waals surface area (Å²) in [5, 5.41) is 9.32. The summed E-state index contributed by atoms with van der Waals surface area (Å²) in [6.07, 6.45) is 1.75. The Kier molecular flexibility index (Phi) is 3.82. The van der Waals surface area contributed by atoms with Crippen LogP contribution < -0.4 is 4.90 Å². The maximum Gasteiger partial charge on any atom is 0.151 e. The van der Waals surface area contributed by atoms with E-state index in [9.17, 15) is 5.26 Å². The smallest absolute Gasteiger partial charge is 0.151 e. The second kappa shape index (κ2) is 5.53. The van der Waals surface area contributed by atoms with Gasteiger partial charge in [0.1, 0.15) is 6.07 Å². The first-order chi connectivity index (χ1) is 9.17. The Balaban J connectivity index is 2.52. The van der Waals surface area contributed by atoms with Gasteiger partial charge in [0.2, 0.25) is 0 Å². The summed E-state index contributed by atoms with van der Waals surface area (Å²) in [7, 11) is 0. The van der Waals surface area contributed by atoms with Crippen LogP contribution in [0.15, 0.2) is 36.5 Å². The zero-order chi connectivity index (χ0) is 13.8. The van der Waals surface area contributed by atoms with Crippen molar-refractivity contribution in [1.29, 1.82) is 5.26 Å². The minimum atomic E-state index is 0.643. The summed E-state index contributed by atoms with van der Waals surface area (Å²) in [5.41, 5.74) is 3.88. The monoisotopic (exact) mass is 251 g/mol. The standard InChI is InChI=1S/C16H17N3/c1-4-19(14-7-5-12(2)6-8-14)16-15(11-17)13(3)9-10-18-16/h5-10H,4H2,1-3H3. The Labute approximate surface area is 114 Å². The minimum absolute atomic E-state index is 0.643. The average Bonchev–Trinajstić information content (AvgIpc) is 2.42.